The summed E-state index contributed by atoms with van der Waals surface area (Å²) in [4.78, 5) is 21.3. The maximum Gasteiger partial charge on any atom is 0.270 e. The average molecular weight is 334 g/mol. The van der Waals surface area contributed by atoms with Gasteiger partial charge in [0.1, 0.15) is 10.9 Å². The molecule has 1 amide bonds. The number of benzene rings is 1. The fraction of sp³-hybridized carbons (Fsp3) is 0.364. The summed E-state index contributed by atoms with van der Waals surface area (Å²) in [6.45, 7) is 1.69. The Morgan fingerprint density at radius 2 is 2.14 bits per heavy atom. The summed E-state index contributed by atoms with van der Waals surface area (Å²) in [5, 5.41) is 13.2. The molecule has 114 valence electrons. The molecule has 21 heavy (non-hydrogen) atoms. The second-order valence-electron chi connectivity index (χ2n) is 4.45. The van der Waals surface area contributed by atoms with Gasteiger partial charge in [-0.15, -0.1) is 0 Å². The molecule has 0 saturated carbocycles. The molecule has 0 bridgehead atoms. The SMILES string of the molecule is CC1C(=O)NCCN1S(=O)(=O)c1cc([N+](=O)[O-])ccc1Cl. The maximum absolute atomic E-state index is 12.6. The van der Waals surface area contributed by atoms with Crippen LogP contribution < -0.4 is 5.32 Å². The number of nitro groups is 1. The van der Waals surface area contributed by atoms with Crippen LogP contribution in [0.25, 0.3) is 0 Å². The van der Waals surface area contributed by atoms with E-state index in [-0.39, 0.29) is 28.7 Å². The van der Waals surface area contributed by atoms with Crippen LogP contribution in [0.3, 0.4) is 0 Å². The molecule has 8 nitrogen and oxygen atoms in total. The second-order valence-corrected chi connectivity index (χ2v) is 6.72. The van der Waals surface area contributed by atoms with Crippen LogP contribution in [0.1, 0.15) is 6.92 Å². The van der Waals surface area contributed by atoms with Crippen molar-refractivity contribution in [3.8, 4) is 0 Å². The molecule has 1 saturated heterocycles. The van der Waals surface area contributed by atoms with Crippen LogP contribution >= 0.6 is 11.6 Å². The molecule has 10 heteroatoms. The van der Waals surface area contributed by atoms with Gasteiger partial charge < -0.3 is 5.32 Å². The van der Waals surface area contributed by atoms with Crippen molar-refractivity contribution >= 4 is 33.2 Å². The highest BCUT2D eigenvalue weighted by Crippen LogP contribution is 2.29. The highest BCUT2D eigenvalue weighted by atomic mass is 35.5. The summed E-state index contributed by atoms with van der Waals surface area (Å²) in [6, 6.07) is 2.27. The number of nitro benzene ring substituents is 1. The molecule has 1 unspecified atom stereocenters. The fourth-order valence-electron chi connectivity index (χ4n) is 2.02. The largest absolute Gasteiger partial charge is 0.353 e. The monoisotopic (exact) mass is 333 g/mol. The Hall–Kier alpha value is -1.71. The van der Waals surface area contributed by atoms with E-state index in [0.717, 1.165) is 22.5 Å². The molecule has 1 fully saturated rings. The van der Waals surface area contributed by atoms with Crippen molar-refractivity contribution in [2.75, 3.05) is 13.1 Å². The zero-order valence-corrected chi connectivity index (χ0v) is 12.5. The Morgan fingerprint density at radius 3 is 2.76 bits per heavy atom. The van der Waals surface area contributed by atoms with Gasteiger partial charge in [0.15, 0.2) is 0 Å². The third-order valence-electron chi connectivity index (χ3n) is 3.16. The van der Waals surface area contributed by atoms with Gasteiger partial charge in [-0.05, 0) is 13.0 Å². The summed E-state index contributed by atoms with van der Waals surface area (Å²) in [6.07, 6.45) is 0. The lowest BCUT2D eigenvalue weighted by Crippen LogP contribution is -2.55. The summed E-state index contributed by atoms with van der Waals surface area (Å²) >= 11 is 5.86. The fourth-order valence-corrected chi connectivity index (χ4v) is 4.11. The highest BCUT2D eigenvalue weighted by molar-refractivity contribution is 7.89. The smallest absolute Gasteiger partial charge is 0.270 e. The first kappa shape index (κ1) is 15.7. The number of rotatable bonds is 3. The normalized spacial score (nSPS) is 20.1. The minimum absolute atomic E-state index is 0.0776. The van der Waals surface area contributed by atoms with E-state index >= 15 is 0 Å². The van der Waals surface area contributed by atoms with Crippen LogP contribution in [0, 0.1) is 10.1 Å². The van der Waals surface area contributed by atoms with E-state index in [1.54, 1.807) is 0 Å². The second kappa shape index (κ2) is 5.58. The van der Waals surface area contributed by atoms with Crippen molar-refractivity contribution in [1.82, 2.24) is 9.62 Å². The van der Waals surface area contributed by atoms with Crippen molar-refractivity contribution in [3.05, 3.63) is 33.3 Å². The maximum atomic E-state index is 12.6. The lowest BCUT2D eigenvalue weighted by Gasteiger charge is -2.31. The number of carbonyl (C=O) groups excluding carboxylic acids is 1. The van der Waals surface area contributed by atoms with Crippen LogP contribution in [0.15, 0.2) is 23.1 Å². The molecule has 1 aromatic rings. The first-order chi connectivity index (χ1) is 9.75. The number of amides is 1. The lowest BCUT2D eigenvalue weighted by molar-refractivity contribution is -0.385. The minimum atomic E-state index is -4.09. The first-order valence-electron chi connectivity index (χ1n) is 5.98. The summed E-state index contributed by atoms with van der Waals surface area (Å²) in [5.41, 5.74) is -0.382. The molecule has 1 aliphatic rings. The molecule has 0 radical (unpaired) electrons. The van der Waals surface area contributed by atoms with Crippen LogP contribution in [-0.4, -0.2) is 42.7 Å². The molecule has 1 atom stereocenters. The molecule has 1 heterocycles. The third kappa shape index (κ3) is 2.85. The van der Waals surface area contributed by atoms with E-state index in [9.17, 15) is 23.3 Å². The number of sulfonamides is 1. The molecule has 0 aromatic heterocycles. The van der Waals surface area contributed by atoms with Crippen molar-refractivity contribution in [1.29, 1.82) is 0 Å². The van der Waals surface area contributed by atoms with Crippen molar-refractivity contribution in [2.24, 2.45) is 0 Å². The number of hydrogen-bond donors (Lipinski definition) is 1. The van der Waals surface area contributed by atoms with Crippen LogP contribution in [-0.2, 0) is 14.8 Å². The van der Waals surface area contributed by atoms with Gasteiger partial charge in [0, 0.05) is 25.2 Å². The topological polar surface area (TPSA) is 110 Å². The Bertz CT molecular complexity index is 706. The van der Waals surface area contributed by atoms with E-state index < -0.39 is 26.9 Å². The summed E-state index contributed by atoms with van der Waals surface area (Å²) in [7, 11) is -4.09. The van der Waals surface area contributed by atoms with Crippen molar-refractivity contribution in [2.45, 2.75) is 17.9 Å². The van der Waals surface area contributed by atoms with E-state index in [1.807, 2.05) is 0 Å². The van der Waals surface area contributed by atoms with Crippen molar-refractivity contribution in [3.63, 3.8) is 0 Å². The standard InChI is InChI=1S/C11H12ClN3O5S/c1-7-11(16)13-4-5-14(7)21(19,20)10-6-8(15(17)18)2-3-9(10)12/h2-3,6-7H,4-5H2,1H3,(H,13,16). The van der Waals surface area contributed by atoms with E-state index in [2.05, 4.69) is 5.32 Å². The number of carbonyl (C=O) groups is 1. The van der Waals surface area contributed by atoms with Gasteiger partial charge in [0.2, 0.25) is 15.9 Å². The van der Waals surface area contributed by atoms with E-state index in [1.165, 1.54) is 6.92 Å². The number of nitrogens with one attached hydrogen (secondary N) is 1. The average Bonchev–Trinajstić information content (AvgIpc) is 2.41. The van der Waals surface area contributed by atoms with Crippen LogP contribution in [0.2, 0.25) is 5.02 Å². The number of halogens is 1. The van der Waals surface area contributed by atoms with Crippen LogP contribution in [0.5, 0.6) is 0 Å². The molecular formula is C11H12ClN3O5S. The molecular weight excluding hydrogens is 322 g/mol. The zero-order chi connectivity index (χ0) is 15.8. The molecule has 1 aliphatic heterocycles. The third-order valence-corrected chi connectivity index (χ3v) is 5.61. The van der Waals surface area contributed by atoms with E-state index in [4.69, 9.17) is 11.6 Å². The van der Waals surface area contributed by atoms with Gasteiger partial charge in [0.05, 0.1) is 9.95 Å². The zero-order valence-electron chi connectivity index (χ0n) is 10.9. The number of non-ortho nitro benzene ring substituents is 1. The predicted molar refractivity (Wildman–Crippen MR) is 74.5 cm³/mol. The van der Waals surface area contributed by atoms with Crippen LogP contribution in [0.4, 0.5) is 5.69 Å². The lowest BCUT2D eigenvalue weighted by atomic mass is 10.2. The summed E-state index contributed by atoms with van der Waals surface area (Å²) < 4.78 is 26.1. The Labute approximate surface area is 125 Å². The molecule has 0 spiro atoms. The Morgan fingerprint density at radius 1 is 1.48 bits per heavy atom. The highest BCUT2D eigenvalue weighted by Gasteiger charge is 2.37. The first-order valence-corrected chi connectivity index (χ1v) is 7.80. The van der Waals surface area contributed by atoms with Gasteiger partial charge in [-0.1, -0.05) is 11.6 Å². The van der Waals surface area contributed by atoms with Crippen molar-refractivity contribution < 1.29 is 18.1 Å². The quantitative estimate of drug-likeness (QED) is 0.648. The number of nitrogens with zero attached hydrogens (tertiary/aromatic N) is 2. The Balaban J connectivity index is 2.51. The summed E-state index contributed by atoms with van der Waals surface area (Å²) in [5.74, 6) is -0.425. The number of hydrogen-bond acceptors (Lipinski definition) is 5. The van der Waals surface area contributed by atoms with Gasteiger partial charge in [0.25, 0.3) is 5.69 Å². The number of piperazine rings is 1. The molecule has 1 N–H and O–H groups in total. The molecule has 0 aliphatic carbocycles. The minimum Gasteiger partial charge on any atom is -0.353 e. The van der Waals surface area contributed by atoms with Gasteiger partial charge in [-0.3, -0.25) is 14.9 Å². The van der Waals surface area contributed by atoms with E-state index in [0.29, 0.717) is 0 Å². The van der Waals surface area contributed by atoms with Gasteiger partial charge >= 0.3 is 0 Å². The molecule has 1 aromatic carbocycles. The molecule has 2 rings (SSSR count). The van der Waals surface area contributed by atoms with Gasteiger partial charge in [-0.25, -0.2) is 8.42 Å². The predicted octanol–water partition coefficient (Wildman–Crippen LogP) is 0.757. The van der Waals surface area contributed by atoms with Gasteiger partial charge in [-0.2, -0.15) is 4.31 Å². The Kier molecular flexibility index (Phi) is 4.17.